The molecule has 4 nitrogen and oxygen atoms in total. The van der Waals surface area contributed by atoms with Crippen molar-refractivity contribution in [3.05, 3.63) is 12.7 Å². The highest BCUT2D eigenvalue weighted by Crippen LogP contribution is 2.01. The second-order valence-electron chi connectivity index (χ2n) is 3.24. The molecular weight excluding hydrogens is 182 g/mol. The Balaban J connectivity index is 3.94. The van der Waals surface area contributed by atoms with E-state index in [9.17, 15) is 4.79 Å². The fourth-order valence-corrected chi connectivity index (χ4v) is 1.08. The van der Waals surface area contributed by atoms with Crippen molar-refractivity contribution in [3.63, 3.8) is 0 Å². The molecule has 14 heavy (non-hydrogen) atoms. The van der Waals surface area contributed by atoms with Crippen molar-refractivity contribution in [1.82, 2.24) is 4.90 Å². The fourth-order valence-electron chi connectivity index (χ4n) is 1.08. The minimum atomic E-state index is -0.460. The van der Waals surface area contributed by atoms with Crippen LogP contribution in [0.3, 0.4) is 0 Å². The molecular formula is C10H19NO3. The molecule has 1 atom stereocenters. The number of aliphatic hydroxyl groups excluding tert-OH is 2. The molecule has 4 heteroatoms. The van der Waals surface area contributed by atoms with Crippen LogP contribution < -0.4 is 0 Å². The topological polar surface area (TPSA) is 60.8 Å². The summed E-state index contributed by atoms with van der Waals surface area (Å²) in [6.45, 7) is 5.91. The summed E-state index contributed by atoms with van der Waals surface area (Å²) < 4.78 is 0. The molecule has 0 aromatic rings. The SMILES string of the molecule is C=CCN(CCO)C(=O)CCC(C)O. The molecule has 0 aliphatic rings. The van der Waals surface area contributed by atoms with E-state index < -0.39 is 6.10 Å². The van der Waals surface area contributed by atoms with Gasteiger partial charge in [0.05, 0.1) is 12.7 Å². The minimum Gasteiger partial charge on any atom is -0.395 e. The van der Waals surface area contributed by atoms with Gasteiger partial charge in [0.25, 0.3) is 0 Å². The maximum atomic E-state index is 11.5. The average Bonchev–Trinajstić information content (AvgIpc) is 2.14. The van der Waals surface area contributed by atoms with E-state index in [1.54, 1.807) is 13.0 Å². The molecule has 82 valence electrons. The van der Waals surface area contributed by atoms with Crippen molar-refractivity contribution in [1.29, 1.82) is 0 Å². The largest absolute Gasteiger partial charge is 0.395 e. The molecule has 0 saturated heterocycles. The maximum absolute atomic E-state index is 11.5. The summed E-state index contributed by atoms with van der Waals surface area (Å²) in [4.78, 5) is 13.0. The summed E-state index contributed by atoms with van der Waals surface area (Å²) in [6.07, 6.45) is 1.93. The zero-order chi connectivity index (χ0) is 11.0. The smallest absolute Gasteiger partial charge is 0.223 e. The predicted octanol–water partition coefficient (Wildman–Crippen LogP) is 0.154. The van der Waals surface area contributed by atoms with Gasteiger partial charge in [0.1, 0.15) is 0 Å². The molecule has 0 rings (SSSR count). The van der Waals surface area contributed by atoms with Gasteiger partial charge < -0.3 is 15.1 Å². The summed E-state index contributed by atoms with van der Waals surface area (Å²) in [7, 11) is 0. The lowest BCUT2D eigenvalue weighted by Crippen LogP contribution is -2.33. The number of nitrogens with zero attached hydrogens (tertiary/aromatic N) is 1. The van der Waals surface area contributed by atoms with Crippen LogP contribution in [0.5, 0.6) is 0 Å². The van der Waals surface area contributed by atoms with E-state index in [1.165, 1.54) is 4.90 Å². The van der Waals surface area contributed by atoms with Crippen LogP contribution in [0, 0.1) is 0 Å². The Morgan fingerprint density at radius 3 is 2.71 bits per heavy atom. The molecule has 2 N–H and O–H groups in total. The number of amides is 1. The lowest BCUT2D eigenvalue weighted by molar-refractivity contribution is -0.131. The number of carbonyl (C=O) groups is 1. The third-order valence-corrected chi connectivity index (χ3v) is 1.85. The summed E-state index contributed by atoms with van der Waals surface area (Å²) in [6, 6.07) is 0. The van der Waals surface area contributed by atoms with Crippen LogP contribution in [-0.4, -0.2) is 46.8 Å². The first kappa shape index (κ1) is 13.1. The van der Waals surface area contributed by atoms with E-state index in [-0.39, 0.29) is 12.5 Å². The van der Waals surface area contributed by atoms with E-state index >= 15 is 0 Å². The van der Waals surface area contributed by atoms with Gasteiger partial charge in [-0.25, -0.2) is 0 Å². The molecule has 0 aliphatic heterocycles. The third kappa shape index (κ3) is 5.72. The van der Waals surface area contributed by atoms with Gasteiger partial charge in [0.15, 0.2) is 0 Å². The van der Waals surface area contributed by atoms with Crippen LogP contribution in [0.2, 0.25) is 0 Å². The van der Waals surface area contributed by atoms with Crippen molar-refractivity contribution in [3.8, 4) is 0 Å². The Kier molecular flexibility index (Phi) is 7.06. The number of rotatable bonds is 7. The Morgan fingerprint density at radius 1 is 1.64 bits per heavy atom. The second-order valence-corrected chi connectivity index (χ2v) is 3.24. The molecule has 0 spiro atoms. The molecule has 0 fully saturated rings. The van der Waals surface area contributed by atoms with Gasteiger partial charge in [-0.1, -0.05) is 6.08 Å². The van der Waals surface area contributed by atoms with E-state index in [1.807, 2.05) is 0 Å². The van der Waals surface area contributed by atoms with Gasteiger partial charge in [-0.3, -0.25) is 4.79 Å². The molecule has 0 saturated carbocycles. The molecule has 0 aliphatic carbocycles. The number of hydrogen-bond acceptors (Lipinski definition) is 3. The van der Waals surface area contributed by atoms with Crippen LogP contribution in [0.15, 0.2) is 12.7 Å². The van der Waals surface area contributed by atoms with E-state index in [0.29, 0.717) is 25.9 Å². The molecule has 0 bridgehead atoms. The highest BCUT2D eigenvalue weighted by molar-refractivity contribution is 5.76. The number of aliphatic hydroxyl groups is 2. The molecule has 1 amide bonds. The van der Waals surface area contributed by atoms with Gasteiger partial charge in [-0.15, -0.1) is 6.58 Å². The first-order chi connectivity index (χ1) is 6.61. The lowest BCUT2D eigenvalue weighted by atomic mass is 10.2. The Bertz CT molecular complexity index is 180. The van der Waals surface area contributed by atoms with Crippen molar-refractivity contribution in [2.24, 2.45) is 0 Å². The van der Waals surface area contributed by atoms with Crippen LogP contribution >= 0.6 is 0 Å². The summed E-state index contributed by atoms with van der Waals surface area (Å²) in [5.74, 6) is -0.0557. The van der Waals surface area contributed by atoms with Gasteiger partial charge >= 0.3 is 0 Å². The van der Waals surface area contributed by atoms with Gasteiger partial charge in [0.2, 0.25) is 5.91 Å². The summed E-state index contributed by atoms with van der Waals surface area (Å²) >= 11 is 0. The molecule has 0 aromatic carbocycles. The zero-order valence-corrected chi connectivity index (χ0v) is 8.65. The van der Waals surface area contributed by atoms with Gasteiger partial charge in [-0.2, -0.15) is 0 Å². The third-order valence-electron chi connectivity index (χ3n) is 1.85. The minimum absolute atomic E-state index is 0.0474. The quantitative estimate of drug-likeness (QED) is 0.577. The van der Waals surface area contributed by atoms with Crippen molar-refractivity contribution in [2.75, 3.05) is 19.7 Å². The standard InChI is InChI=1S/C10H19NO3/c1-3-6-11(7-8-12)10(14)5-4-9(2)13/h3,9,12-13H,1,4-8H2,2H3. The van der Waals surface area contributed by atoms with Crippen LogP contribution in [-0.2, 0) is 4.79 Å². The normalized spacial score (nSPS) is 12.2. The monoisotopic (exact) mass is 201 g/mol. The Labute approximate surface area is 84.8 Å². The Hall–Kier alpha value is -0.870. The average molecular weight is 201 g/mol. The molecule has 0 radical (unpaired) electrons. The van der Waals surface area contributed by atoms with Crippen molar-refractivity contribution < 1.29 is 15.0 Å². The van der Waals surface area contributed by atoms with E-state index in [0.717, 1.165) is 0 Å². The fraction of sp³-hybridized carbons (Fsp3) is 0.700. The first-order valence-corrected chi connectivity index (χ1v) is 4.79. The van der Waals surface area contributed by atoms with Crippen molar-refractivity contribution in [2.45, 2.75) is 25.9 Å². The van der Waals surface area contributed by atoms with E-state index in [4.69, 9.17) is 10.2 Å². The highest BCUT2D eigenvalue weighted by atomic mass is 16.3. The van der Waals surface area contributed by atoms with Crippen LogP contribution in [0.1, 0.15) is 19.8 Å². The molecule has 0 heterocycles. The van der Waals surface area contributed by atoms with Gasteiger partial charge in [0, 0.05) is 19.5 Å². The summed E-state index contributed by atoms with van der Waals surface area (Å²) in [5.41, 5.74) is 0. The van der Waals surface area contributed by atoms with Gasteiger partial charge in [-0.05, 0) is 13.3 Å². The zero-order valence-electron chi connectivity index (χ0n) is 8.65. The Morgan fingerprint density at radius 2 is 2.29 bits per heavy atom. The predicted molar refractivity (Wildman–Crippen MR) is 54.8 cm³/mol. The van der Waals surface area contributed by atoms with Crippen LogP contribution in [0.25, 0.3) is 0 Å². The maximum Gasteiger partial charge on any atom is 0.223 e. The summed E-state index contributed by atoms with van der Waals surface area (Å²) in [5, 5.41) is 17.7. The first-order valence-electron chi connectivity index (χ1n) is 4.79. The molecule has 0 aromatic heterocycles. The second kappa shape index (κ2) is 7.53. The number of carbonyl (C=O) groups excluding carboxylic acids is 1. The van der Waals surface area contributed by atoms with Crippen molar-refractivity contribution >= 4 is 5.91 Å². The highest BCUT2D eigenvalue weighted by Gasteiger charge is 2.11. The van der Waals surface area contributed by atoms with E-state index in [2.05, 4.69) is 6.58 Å². The number of hydrogen-bond donors (Lipinski definition) is 2. The lowest BCUT2D eigenvalue weighted by Gasteiger charge is -2.20. The van der Waals surface area contributed by atoms with Crippen LogP contribution in [0.4, 0.5) is 0 Å². The molecule has 1 unspecified atom stereocenters.